The average molecular weight is 568 g/mol. The third-order valence-corrected chi connectivity index (χ3v) is 6.11. The topological polar surface area (TPSA) is 70.4 Å². The number of hydrogen-bond donors (Lipinski definition) is 2. The van der Waals surface area contributed by atoms with Gasteiger partial charge in [0, 0.05) is 39.4 Å². The van der Waals surface area contributed by atoms with E-state index in [1.165, 1.54) is 11.3 Å². The minimum Gasteiger partial charge on any atom is -0.375 e. The Morgan fingerprint density at radius 1 is 1.19 bits per heavy atom. The molecule has 2 aromatic heterocycles. The molecule has 3 rings (SSSR count). The minimum atomic E-state index is 0. The molecule has 32 heavy (non-hydrogen) atoms. The lowest BCUT2D eigenvalue weighted by molar-refractivity contribution is 0.680. The van der Waals surface area contributed by atoms with Crippen LogP contribution in [0.15, 0.2) is 52.2 Å². The molecule has 0 aliphatic heterocycles. The van der Waals surface area contributed by atoms with Crippen molar-refractivity contribution in [3.8, 4) is 0 Å². The van der Waals surface area contributed by atoms with Crippen LogP contribution in [-0.2, 0) is 13.6 Å². The molecule has 9 heteroatoms. The molecule has 174 valence electrons. The maximum absolute atomic E-state index is 4.76. The van der Waals surface area contributed by atoms with Gasteiger partial charge in [0.25, 0.3) is 0 Å². The van der Waals surface area contributed by atoms with E-state index in [1.807, 2.05) is 24.6 Å². The molecular weight excluding hydrogens is 533 g/mol. The Hall–Kier alpha value is -2.14. The Balaban J connectivity index is 0.00000363. The van der Waals surface area contributed by atoms with Gasteiger partial charge in [-0.15, -0.1) is 34.2 Å². The summed E-state index contributed by atoms with van der Waals surface area (Å²) in [5.74, 6) is 2.97. The summed E-state index contributed by atoms with van der Waals surface area (Å²) in [6, 6.07) is 12.6. The highest BCUT2D eigenvalue weighted by Crippen LogP contribution is 2.17. The second-order valence-electron chi connectivity index (χ2n) is 7.76. The van der Waals surface area contributed by atoms with Crippen LogP contribution in [0.1, 0.15) is 36.5 Å². The molecule has 1 unspecified atom stereocenters. The van der Waals surface area contributed by atoms with E-state index in [9.17, 15) is 0 Å². The van der Waals surface area contributed by atoms with Gasteiger partial charge in [0.15, 0.2) is 11.8 Å². The number of para-hydroxylation sites is 1. The molecule has 2 N–H and O–H groups in total. The van der Waals surface area contributed by atoms with Gasteiger partial charge < -0.3 is 20.1 Å². The van der Waals surface area contributed by atoms with Gasteiger partial charge in [-0.25, -0.2) is 4.99 Å². The largest absolute Gasteiger partial charge is 0.375 e. The molecule has 0 amide bonds. The Morgan fingerprint density at radius 3 is 2.62 bits per heavy atom. The summed E-state index contributed by atoms with van der Waals surface area (Å²) >= 11 is 1.74. The zero-order valence-corrected chi connectivity index (χ0v) is 22.4. The van der Waals surface area contributed by atoms with E-state index in [1.54, 1.807) is 11.3 Å². The van der Waals surface area contributed by atoms with Crippen molar-refractivity contribution in [3.05, 3.63) is 64.4 Å². The van der Waals surface area contributed by atoms with E-state index >= 15 is 0 Å². The number of aliphatic imine (C=N–C) groups is 1. The molecule has 0 aliphatic rings. The Labute approximate surface area is 212 Å². The maximum atomic E-state index is 4.76. The first-order chi connectivity index (χ1) is 15.0. The number of guanidine groups is 1. The highest BCUT2D eigenvalue weighted by atomic mass is 127. The zero-order chi connectivity index (χ0) is 22.1. The van der Waals surface area contributed by atoms with E-state index in [0.717, 1.165) is 43.7 Å². The van der Waals surface area contributed by atoms with Crippen molar-refractivity contribution in [2.75, 3.05) is 31.6 Å². The van der Waals surface area contributed by atoms with Crippen LogP contribution in [0.4, 0.5) is 5.69 Å². The number of benzene rings is 1. The average Bonchev–Trinajstić information content (AvgIpc) is 3.44. The third-order valence-electron chi connectivity index (χ3n) is 5.41. The van der Waals surface area contributed by atoms with E-state index in [4.69, 9.17) is 4.99 Å². The van der Waals surface area contributed by atoms with Crippen LogP contribution in [0, 0.1) is 6.92 Å². The van der Waals surface area contributed by atoms with Crippen LogP contribution in [0.2, 0.25) is 0 Å². The Bertz CT molecular complexity index is 941. The van der Waals surface area contributed by atoms with Crippen molar-refractivity contribution in [3.63, 3.8) is 0 Å². The number of anilines is 1. The van der Waals surface area contributed by atoms with Gasteiger partial charge in [0.1, 0.15) is 12.4 Å². The van der Waals surface area contributed by atoms with Gasteiger partial charge in [-0.3, -0.25) is 0 Å². The van der Waals surface area contributed by atoms with Crippen molar-refractivity contribution < 1.29 is 0 Å². The normalized spacial score (nSPS) is 12.2. The molecule has 7 nitrogen and oxygen atoms in total. The summed E-state index contributed by atoms with van der Waals surface area (Å²) in [6.45, 7) is 7.30. The molecule has 0 saturated carbocycles. The lowest BCUT2D eigenvalue weighted by Crippen LogP contribution is -2.40. The lowest BCUT2D eigenvalue weighted by atomic mass is 10.1. The van der Waals surface area contributed by atoms with Crippen molar-refractivity contribution in [1.29, 1.82) is 0 Å². The molecule has 1 atom stereocenters. The first-order valence-electron chi connectivity index (χ1n) is 10.7. The number of nitrogens with zero attached hydrogens (tertiary/aromatic N) is 5. The van der Waals surface area contributed by atoms with Gasteiger partial charge in [0.05, 0.1) is 0 Å². The summed E-state index contributed by atoms with van der Waals surface area (Å²) in [5, 5.41) is 19.7. The van der Waals surface area contributed by atoms with Gasteiger partial charge >= 0.3 is 0 Å². The van der Waals surface area contributed by atoms with Crippen molar-refractivity contribution in [2.45, 2.75) is 32.7 Å². The molecule has 0 saturated heterocycles. The summed E-state index contributed by atoms with van der Waals surface area (Å²) in [4.78, 5) is 7.03. The van der Waals surface area contributed by atoms with E-state index in [-0.39, 0.29) is 24.0 Å². The third kappa shape index (κ3) is 7.77. The molecule has 0 radical (unpaired) electrons. The number of hydrogen-bond acceptors (Lipinski definition) is 5. The SMILES string of the molecule is Cc1nnc(CN=C(NCCCN(C)c2ccccc2)NCC(C)c2ccsc2)n1C.I. The van der Waals surface area contributed by atoms with Crippen LogP contribution in [0.25, 0.3) is 0 Å². The van der Waals surface area contributed by atoms with Crippen LogP contribution >= 0.6 is 35.3 Å². The smallest absolute Gasteiger partial charge is 0.191 e. The monoisotopic (exact) mass is 567 g/mol. The van der Waals surface area contributed by atoms with Gasteiger partial charge in [0.2, 0.25) is 0 Å². The second-order valence-corrected chi connectivity index (χ2v) is 8.54. The van der Waals surface area contributed by atoms with Gasteiger partial charge in [-0.05, 0) is 53.8 Å². The van der Waals surface area contributed by atoms with E-state index < -0.39 is 0 Å². The summed E-state index contributed by atoms with van der Waals surface area (Å²) < 4.78 is 1.98. The Kier molecular flexibility index (Phi) is 10.9. The molecule has 3 aromatic rings. The van der Waals surface area contributed by atoms with E-state index in [2.05, 4.69) is 80.8 Å². The zero-order valence-electron chi connectivity index (χ0n) is 19.3. The molecule has 0 bridgehead atoms. The number of aryl methyl sites for hydroxylation is 1. The van der Waals surface area contributed by atoms with Crippen molar-refractivity contribution in [2.24, 2.45) is 12.0 Å². The molecule has 0 aliphatic carbocycles. The van der Waals surface area contributed by atoms with Crippen LogP contribution in [0.3, 0.4) is 0 Å². The predicted molar refractivity (Wildman–Crippen MR) is 145 cm³/mol. The minimum absolute atomic E-state index is 0. The van der Waals surface area contributed by atoms with Crippen molar-refractivity contribution >= 4 is 47.0 Å². The van der Waals surface area contributed by atoms with Crippen LogP contribution in [0.5, 0.6) is 0 Å². The first-order valence-corrected chi connectivity index (χ1v) is 11.6. The van der Waals surface area contributed by atoms with Crippen LogP contribution in [-0.4, -0.2) is 47.4 Å². The molecule has 2 heterocycles. The number of halogens is 1. The van der Waals surface area contributed by atoms with E-state index in [0.29, 0.717) is 12.5 Å². The molecule has 1 aromatic carbocycles. The quantitative estimate of drug-likeness (QED) is 0.167. The first kappa shape index (κ1) is 26.1. The van der Waals surface area contributed by atoms with Crippen molar-refractivity contribution in [1.82, 2.24) is 25.4 Å². The number of aromatic nitrogens is 3. The summed E-state index contributed by atoms with van der Waals surface area (Å²) in [7, 11) is 4.10. The summed E-state index contributed by atoms with van der Waals surface area (Å²) in [5.41, 5.74) is 2.59. The molecule has 0 fully saturated rings. The van der Waals surface area contributed by atoms with Gasteiger partial charge in [-0.2, -0.15) is 11.3 Å². The maximum Gasteiger partial charge on any atom is 0.191 e. The highest BCUT2D eigenvalue weighted by molar-refractivity contribution is 14.0. The number of thiophene rings is 1. The second kappa shape index (κ2) is 13.4. The fraction of sp³-hybridized carbons (Fsp3) is 0.435. The summed E-state index contributed by atoms with van der Waals surface area (Å²) in [6.07, 6.45) is 1.01. The Morgan fingerprint density at radius 2 is 1.97 bits per heavy atom. The fourth-order valence-electron chi connectivity index (χ4n) is 3.17. The van der Waals surface area contributed by atoms with Gasteiger partial charge in [-0.1, -0.05) is 25.1 Å². The molecule has 0 spiro atoms. The standard InChI is InChI=1S/C23H33N7S.HI/c1-18(20-11-14-31-17-20)15-25-23(26-16-22-28-27-19(2)30(22)4)24-12-8-13-29(3)21-9-6-5-7-10-21;/h5-7,9-11,14,17-18H,8,12-13,15-16H2,1-4H3,(H2,24,25,26);1H. The fourth-order valence-corrected chi connectivity index (χ4v) is 3.95. The lowest BCUT2D eigenvalue weighted by Gasteiger charge is -2.20. The molecular formula is C23H34IN7S. The van der Waals surface area contributed by atoms with Crippen LogP contribution < -0.4 is 15.5 Å². The predicted octanol–water partition coefficient (Wildman–Crippen LogP) is 4.17. The number of nitrogens with one attached hydrogen (secondary N) is 2. The number of rotatable bonds is 10. The highest BCUT2D eigenvalue weighted by Gasteiger charge is 2.09.